The highest BCUT2D eigenvalue weighted by Crippen LogP contribution is 2.24. The molecule has 0 radical (unpaired) electrons. The molecule has 2 aromatic heterocycles. The van der Waals surface area contributed by atoms with E-state index >= 15 is 0 Å². The summed E-state index contributed by atoms with van der Waals surface area (Å²) in [5, 5.41) is 0. The summed E-state index contributed by atoms with van der Waals surface area (Å²) in [6, 6.07) is 8.13. The van der Waals surface area contributed by atoms with E-state index in [1.165, 1.54) is 36.7 Å². The van der Waals surface area contributed by atoms with Crippen LogP contribution in [0, 0.1) is 5.82 Å². The van der Waals surface area contributed by atoms with E-state index in [2.05, 4.69) is 9.72 Å². The molecular formula is C18H12F4N2O2. The maximum Gasteiger partial charge on any atom is 0.573 e. The minimum atomic E-state index is -4.76. The number of benzene rings is 1. The van der Waals surface area contributed by atoms with E-state index in [0.29, 0.717) is 5.56 Å². The molecule has 0 aliphatic rings. The number of halogens is 4. The molecule has 3 rings (SSSR count). The molecule has 0 fully saturated rings. The van der Waals surface area contributed by atoms with Crippen molar-refractivity contribution in [3.8, 4) is 5.75 Å². The molecule has 0 saturated carbocycles. The summed E-state index contributed by atoms with van der Waals surface area (Å²) in [7, 11) is 0. The van der Waals surface area contributed by atoms with Gasteiger partial charge in [-0.1, -0.05) is 12.1 Å². The molecule has 0 bridgehead atoms. The van der Waals surface area contributed by atoms with Gasteiger partial charge in [-0.05, 0) is 29.8 Å². The fraction of sp³-hybridized carbons (Fsp3) is 0.111. The Morgan fingerprint density at radius 1 is 1.19 bits per heavy atom. The largest absolute Gasteiger partial charge is 0.573 e. The van der Waals surface area contributed by atoms with Crippen LogP contribution in [0.15, 0.2) is 61.2 Å². The van der Waals surface area contributed by atoms with Crippen LogP contribution in [0.3, 0.4) is 0 Å². The van der Waals surface area contributed by atoms with Crippen LogP contribution in [0.2, 0.25) is 0 Å². The zero-order chi connectivity index (χ0) is 18.7. The third-order valence-corrected chi connectivity index (χ3v) is 3.52. The van der Waals surface area contributed by atoms with Crippen molar-refractivity contribution < 1.29 is 27.1 Å². The van der Waals surface area contributed by atoms with Gasteiger partial charge in [0.15, 0.2) is 5.78 Å². The number of carbonyl (C=O) groups excluding carboxylic acids is 1. The molecule has 0 N–H and O–H groups in total. The van der Waals surface area contributed by atoms with Gasteiger partial charge in [-0.15, -0.1) is 13.2 Å². The number of hydrogen-bond donors (Lipinski definition) is 0. The van der Waals surface area contributed by atoms with Crippen LogP contribution in [-0.2, 0) is 6.54 Å². The third kappa shape index (κ3) is 4.27. The first-order valence-corrected chi connectivity index (χ1v) is 7.46. The van der Waals surface area contributed by atoms with E-state index in [1.807, 2.05) is 0 Å². The molecule has 0 spiro atoms. The van der Waals surface area contributed by atoms with Crippen LogP contribution in [-0.4, -0.2) is 21.7 Å². The van der Waals surface area contributed by atoms with E-state index in [9.17, 15) is 22.4 Å². The standard InChI is InChI=1S/C18H12F4N2O2/c19-16-4-6-23-9-15(16)17(25)13-5-7-24(11-13)10-12-2-1-3-14(8-12)26-18(20,21)22/h1-9,11H,10H2. The SMILES string of the molecule is O=C(c1ccn(Cc2cccc(OC(F)(F)F)c2)c1)c1cnccc1F. The number of ether oxygens (including phenoxy) is 1. The average molecular weight is 364 g/mol. The predicted molar refractivity (Wildman–Crippen MR) is 84.3 cm³/mol. The molecule has 3 aromatic rings. The molecule has 0 saturated heterocycles. The highest BCUT2D eigenvalue weighted by atomic mass is 19.4. The number of rotatable bonds is 5. The van der Waals surface area contributed by atoms with E-state index in [-0.39, 0.29) is 23.4 Å². The summed E-state index contributed by atoms with van der Waals surface area (Å²) in [4.78, 5) is 16.0. The second kappa shape index (κ2) is 6.99. The van der Waals surface area contributed by atoms with Crippen molar-refractivity contribution in [2.75, 3.05) is 0 Å². The second-order valence-electron chi connectivity index (χ2n) is 5.45. The summed E-state index contributed by atoms with van der Waals surface area (Å²) in [6.45, 7) is 0.220. The lowest BCUT2D eigenvalue weighted by molar-refractivity contribution is -0.274. The Hall–Kier alpha value is -3.16. The number of hydrogen-bond acceptors (Lipinski definition) is 3. The maximum atomic E-state index is 13.7. The smallest absolute Gasteiger partial charge is 0.406 e. The average Bonchev–Trinajstić information content (AvgIpc) is 3.02. The molecule has 0 unspecified atom stereocenters. The van der Waals surface area contributed by atoms with Crippen molar-refractivity contribution in [3.05, 3.63) is 83.7 Å². The van der Waals surface area contributed by atoms with Crippen LogP contribution in [0.4, 0.5) is 17.6 Å². The topological polar surface area (TPSA) is 44.1 Å². The van der Waals surface area contributed by atoms with Crippen LogP contribution in [0.5, 0.6) is 5.75 Å². The number of alkyl halides is 3. The van der Waals surface area contributed by atoms with Gasteiger partial charge in [0.1, 0.15) is 11.6 Å². The summed E-state index contributed by atoms with van der Waals surface area (Å²) < 4.78 is 56.0. The molecule has 26 heavy (non-hydrogen) atoms. The molecule has 8 heteroatoms. The Bertz CT molecular complexity index is 935. The molecule has 4 nitrogen and oxygen atoms in total. The molecule has 0 aliphatic heterocycles. The van der Waals surface area contributed by atoms with Gasteiger partial charge >= 0.3 is 6.36 Å². The predicted octanol–water partition coefficient (Wildman–Crippen LogP) is 4.20. The van der Waals surface area contributed by atoms with Gasteiger partial charge in [0.05, 0.1) is 5.56 Å². The minimum absolute atomic E-state index is 0.147. The van der Waals surface area contributed by atoms with Crippen molar-refractivity contribution >= 4 is 5.78 Å². The van der Waals surface area contributed by atoms with E-state index < -0.39 is 18.0 Å². The molecule has 0 aliphatic carbocycles. The first kappa shape index (κ1) is 17.7. The van der Waals surface area contributed by atoms with Gasteiger partial charge < -0.3 is 9.30 Å². The number of aromatic nitrogens is 2. The monoisotopic (exact) mass is 364 g/mol. The zero-order valence-corrected chi connectivity index (χ0v) is 13.2. The summed E-state index contributed by atoms with van der Waals surface area (Å²) in [6.07, 6.45) is 0.699. The van der Waals surface area contributed by atoms with E-state index in [1.54, 1.807) is 16.8 Å². The van der Waals surface area contributed by atoms with E-state index in [0.717, 1.165) is 12.3 Å². The molecule has 1 aromatic carbocycles. The first-order chi connectivity index (χ1) is 12.3. The molecule has 0 atom stereocenters. The normalized spacial score (nSPS) is 11.4. The van der Waals surface area contributed by atoms with E-state index in [4.69, 9.17) is 0 Å². The number of ketones is 1. The third-order valence-electron chi connectivity index (χ3n) is 3.52. The minimum Gasteiger partial charge on any atom is -0.406 e. The summed E-state index contributed by atoms with van der Waals surface area (Å²) in [5.74, 6) is -1.52. The lowest BCUT2D eigenvalue weighted by atomic mass is 10.1. The molecule has 134 valence electrons. The maximum absolute atomic E-state index is 13.7. The Labute approximate surface area is 145 Å². The summed E-state index contributed by atoms with van der Waals surface area (Å²) in [5.41, 5.74) is 0.652. The Morgan fingerprint density at radius 2 is 2.00 bits per heavy atom. The van der Waals surface area contributed by atoms with Gasteiger partial charge in [-0.2, -0.15) is 0 Å². The Balaban J connectivity index is 1.76. The van der Waals surface area contributed by atoms with Crippen molar-refractivity contribution in [2.45, 2.75) is 12.9 Å². The van der Waals surface area contributed by atoms with Crippen LogP contribution in [0.25, 0.3) is 0 Å². The Morgan fingerprint density at radius 3 is 2.73 bits per heavy atom. The number of carbonyl (C=O) groups is 1. The molecule has 0 amide bonds. The van der Waals surface area contributed by atoms with Crippen molar-refractivity contribution in [1.82, 2.24) is 9.55 Å². The molecular weight excluding hydrogens is 352 g/mol. The van der Waals surface area contributed by atoms with Crippen molar-refractivity contribution in [1.29, 1.82) is 0 Å². The molecule has 2 heterocycles. The van der Waals surface area contributed by atoms with Gasteiger partial charge in [-0.3, -0.25) is 9.78 Å². The van der Waals surface area contributed by atoms with Crippen molar-refractivity contribution in [3.63, 3.8) is 0 Å². The zero-order valence-electron chi connectivity index (χ0n) is 13.2. The second-order valence-corrected chi connectivity index (χ2v) is 5.45. The lowest BCUT2D eigenvalue weighted by Gasteiger charge is -2.10. The van der Waals surface area contributed by atoms with Gasteiger partial charge in [0, 0.05) is 36.9 Å². The van der Waals surface area contributed by atoms with Crippen molar-refractivity contribution in [2.24, 2.45) is 0 Å². The number of nitrogens with zero attached hydrogens (tertiary/aromatic N) is 2. The van der Waals surface area contributed by atoms with Crippen LogP contribution < -0.4 is 4.74 Å². The first-order valence-electron chi connectivity index (χ1n) is 7.46. The fourth-order valence-electron chi connectivity index (χ4n) is 2.43. The fourth-order valence-corrected chi connectivity index (χ4v) is 2.43. The Kier molecular flexibility index (Phi) is 4.75. The quantitative estimate of drug-likeness (QED) is 0.503. The van der Waals surface area contributed by atoms with Gasteiger partial charge in [0.25, 0.3) is 0 Å². The van der Waals surface area contributed by atoms with Crippen LogP contribution >= 0.6 is 0 Å². The van der Waals surface area contributed by atoms with Gasteiger partial charge in [0.2, 0.25) is 0 Å². The lowest BCUT2D eigenvalue weighted by Crippen LogP contribution is -2.17. The summed E-state index contributed by atoms with van der Waals surface area (Å²) >= 11 is 0. The van der Waals surface area contributed by atoms with Crippen LogP contribution in [0.1, 0.15) is 21.5 Å². The number of pyridine rings is 1. The van der Waals surface area contributed by atoms with Gasteiger partial charge in [-0.25, -0.2) is 4.39 Å². The highest BCUT2D eigenvalue weighted by Gasteiger charge is 2.31. The highest BCUT2D eigenvalue weighted by molar-refractivity contribution is 6.08.